The van der Waals surface area contributed by atoms with Crippen molar-refractivity contribution in [1.29, 1.82) is 0 Å². The second-order valence-electron chi connectivity index (χ2n) is 4.19. The van der Waals surface area contributed by atoms with Gasteiger partial charge in [0.25, 0.3) is 5.91 Å². The summed E-state index contributed by atoms with van der Waals surface area (Å²) in [6, 6.07) is 4.17. The highest BCUT2D eigenvalue weighted by Crippen LogP contribution is 2.23. The van der Waals surface area contributed by atoms with Crippen LogP contribution in [-0.4, -0.2) is 55.3 Å². The van der Waals surface area contributed by atoms with Gasteiger partial charge in [0.05, 0.1) is 18.8 Å². The number of rotatable bonds is 7. The average Bonchev–Trinajstić information content (AvgIpc) is 2.43. The molecule has 1 aromatic carbocycles. The SMILES string of the molecule is CCOC(=O)CN(CCOC)C(=O)c1ccc(Cl)cc1O. The summed E-state index contributed by atoms with van der Waals surface area (Å²) in [5.74, 6) is -1.25. The fourth-order valence-electron chi connectivity index (χ4n) is 1.67. The molecule has 0 spiro atoms. The summed E-state index contributed by atoms with van der Waals surface area (Å²) in [5, 5.41) is 10.1. The van der Waals surface area contributed by atoms with Crippen LogP contribution in [0.1, 0.15) is 17.3 Å². The van der Waals surface area contributed by atoms with Gasteiger partial charge >= 0.3 is 5.97 Å². The molecule has 0 atom stereocenters. The van der Waals surface area contributed by atoms with E-state index in [9.17, 15) is 14.7 Å². The molecule has 0 aliphatic carbocycles. The standard InChI is InChI=1S/C14H18ClNO5/c1-3-21-13(18)9-16(6-7-20-2)14(19)11-5-4-10(15)8-12(11)17/h4-5,8,17H,3,6-7,9H2,1-2H3. The van der Waals surface area contributed by atoms with Crippen molar-refractivity contribution in [3.8, 4) is 5.75 Å². The van der Waals surface area contributed by atoms with E-state index in [4.69, 9.17) is 21.1 Å². The lowest BCUT2D eigenvalue weighted by atomic mass is 10.1. The molecule has 0 fully saturated rings. The van der Waals surface area contributed by atoms with Crippen molar-refractivity contribution in [2.75, 3.05) is 33.4 Å². The highest BCUT2D eigenvalue weighted by molar-refractivity contribution is 6.30. The Morgan fingerprint density at radius 1 is 1.38 bits per heavy atom. The van der Waals surface area contributed by atoms with E-state index in [0.717, 1.165) is 0 Å². The lowest BCUT2D eigenvalue weighted by Gasteiger charge is -2.21. The van der Waals surface area contributed by atoms with Gasteiger partial charge in [-0.2, -0.15) is 0 Å². The minimum Gasteiger partial charge on any atom is -0.507 e. The number of halogens is 1. The number of carbonyl (C=O) groups is 2. The Balaban J connectivity index is 2.90. The molecular weight excluding hydrogens is 298 g/mol. The average molecular weight is 316 g/mol. The van der Waals surface area contributed by atoms with Crippen LogP contribution in [0.3, 0.4) is 0 Å². The monoisotopic (exact) mass is 315 g/mol. The summed E-state index contributed by atoms with van der Waals surface area (Å²) in [5.41, 5.74) is 0.0693. The smallest absolute Gasteiger partial charge is 0.325 e. The van der Waals surface area contributed by atoms with Gasteiger partial charge < -0.3 is 19.5 Å². The first-order chi connectivity index (χ1) is 9.99. The summed E-state index contributed by atoms with van der Waals surface area (Å²) in [6.07, 6.45) is 0. The molecule has 7 heteroatoms. The first-order valence-corrected chi connectivity index (χ1v) is 6.79. The molecule has 1 aromatic rings. The van der Waals surface area contributed by atoms with E-state index in [1.54, 1.807) is 6.92 Å². The Morgan fingerprint density at radius 3 is 2.67 bits per heavy atom. The maximum Gasteiger partial charge on any atom is 0.325 e. The topological polar surface area (TPSA) is 76.1 Å². The van der Waals surface area contributed by atoms with Crippen LogP contribution >= 0.6 is 11.6 Å². The van der Waals surface area contributed by atoms with Gasteiger partial charge in [0.2, 0.25) is 0 Å². The van der Waals surface area contributed by atoms with Crippen LogP contribution in [0.15, 0.2) is 18.2 Å². The van der Waals surface area contributed by atoms with Crippen LogP contribution in [0, 0.1) is 0 Å². The number of esters is 1. The molecule has 116 valence electrons. The predicted octanol–water partition coefficient (Wildman–Crippen LogP) is 1.70. The normalized spacial score (nSPS) is 10.2. The first-order valence-electron chi connectivity index (χ1n) is 6.42. The Kier molecular flexibility index (Phi) is 6.98. The van der Waals surface area contributed by atoms with E-state index >= 15 is 0 Å². The Labute approximate surface area is 128 Å². The molecule has 6 nitrogen and oxygen atoms in total. The second-order valence-corrected chi connectivity index (χ2v) is 4.62. The number of benzene rings is 1. The number of carbonyl (C=O) groups excluding carboxylic acids is 2. The number of nitrogens with zero attached hydrogens (tertiary/aromatic N) is 1. The van der Waals surface area contributed by atoms with E-state index < -0.39 is 11.9 Å². The van der Waals surface area contributed by atoms with Crippen molar-refractivity contribution < 1.29 is 24.2 Å². The molecule has 1 rings (SSSR count). The molecule has 0 bridgehead atoms. The lowest BCUT2D eigenvalue weighted by Crippen LogP contribution is -2.38. The Morgan fingerprint density at radius 2 is 2.10 bits per heavy atom. The zero-order valence-corrected chi connectivity index (χ0v) is 12.7. The van der Waals surface area contributed by atoms with Gasteiger partial charge in [-0.25, -0.2) is 0 Å². The maximum absolute atomic E-state index is 12.4. The number of hydrogen-bond donors (Lipinski definition) is 1. The zero-order valence-electron chi connectivity index (χ0n) is 12.0. The largest absolute Gasteiger partial charge is 0.507 e. The van der Waals surface area contributed by atoms with Crippen molar-refractivity contribution in [2.45, 2.75) is 6.92 Å². The number of ether oxygens (including phenoxy) is 2. The maximum atomic E-state index is 12.4. The van der Waals surface area contributed by atoms with Crippen LogP contribution in [0.4, 0.5) is 0 Å². The highest BCUT2D eigenvalue weighted by Gasteiger charge is 2.21. The van der Waals surface area contributed by atoms with Gasteiger partial charge in [-0.3, -0.25) is 9.59 Å². The highest BCUT2D eigenvalue weighted by atomic mass is 35.5. The van der Waals surface area contributed by atoms with Crippen molar-refractivity contribution in [1.82, 2.24) is 4.90 Å². The van der Waals surface area contributed by atoms with E-state index in [0.29, 0.717) is 5.02 Å². The fourth-order valence-corrected chi connectivity index (χ4v) is 1.84. The van der Waals surface area contributed by atoms with Gasteiger partial charge in [-0.1, -0.05) is 11.6 Å². The molecule has 0 saturated carbocycles. The van der Waals surface area contributed by atoms with Gasteiger partial charge in [0, 0.05) is 18.7 Å². The molecule has 1 amide bonds. The number of methoxy groups -OCH3 is 1. The summed E-state index contributed by atoms with van der Waals surface area (Å²) < 4.78 is 9.75. The van der Waals surface area contributed by atoms with Crippen LogP contribution in [0.25, 0.3) is 0 Å². The first kappa shape index (κ1) is 17.3. The summed E-state index contributed by atoms with van der Waals surface area (Å²) in [4.78, 5) is 25.2. The number of phenolic OH excluding ortho intramolecular Hbond substituents is 1. The molecule has 0 unspecified atom stereocenters. The number of aromatic hydroxyl groups is 1. The number of hydrogen-bond acceptors (Lipinski definition) is 5. The third-order valence-electron chi connectivity index (χ3n) is 2.67. The zero-order chi connectivity index (χ0) is 15.8. The molecule has 0 aromatic heterocycles. The molecule has 0 heterocycles. The molecule has 0 aliphatic rings. The summed E-state index contributed by atoms with van der Waals surface area (Å²) >= 11 is 5.73. The van der Waals surface area contributed by atoms with Crippen molar-refractivity contribution in [3.63, 3.8) is 0 Å². The van der Waals surface area contributed by atoms with Gasteiger partial charge in [-0.05, 0) is 25.1 Å². The molecule has 0 radical (unpaired) electrons. The third-order valence-corrected chi connectivity index (χ3v) is 2.90. The van der Waals surface area contributed by atoms with Crippen molar-refractivity contribution in [3.05, 3.63) is 28.8 Å². The van der Waals surface area contributed by atoms with Crippen LogP contribution < -0.4 is 0 Å². The van der Waals surface area contributed by atoms with E-state index in [1.165, 1.54) is 30.2 Å². The predicted molar refractivity (Wildman–Crippen MR) is 77.5 cm³/mol. The minimum absolute atomic E-state index is 0.0693. The third kappa shape index (κ3) is 5.24. The second kappa shape index (κ2) is 8.49. The van der Waals surface area contributed by atoms with Gasteiger partial charge in [0.1, 0.15) is 12.3 Å². The van der Waals surface area contributed by atoms with Crippen molar-refractivity contribution >= 4 is 23.5 Å². The molecule has 0 aliphatic heterocycles. The lowest BCUT2D eigenvalue weighted by molar-refractivity contribution is -0.143. The van der Waals surface area contributed by atoms with Gasteiger partial charge in [-0.15, -0.1) is 0 Å². The van der Waals surface area contributed by atoms with E-state index in [1.807, 2.05) is 0 Å². The van der Waals surface area contributed by atoms with Crippen LogP contribution in [0.2, 0.25) is 5.02 Å². The molecular formula is C14H18ClNO5. The van der Waals surface area contributed by atoms with Crippen molar-refractivity contribution in [2.24, 2.45) is 0 Å². The molecule has 0 saturated heterocycles. The van der Waals surface area contributed by atoms with E-state index in [2.05, 4.69) is 0 Å². The van der Waals surface area contributed by atoms with E-state index in [-0.39, 0.29) is 37.6 Å². The Bertz CT molecular complexity index is 506. The minimum atomic E-state index is -0.518. The summed E-state index contributed by atoms with van der Waals surface area (Å²) in [6.45, 7) is 2.18. The summed E-state index contributed by atoms with van der Waals surface area (Å²) in [7, 11) is 1.49. The number of phenols is 1. The van der Waals surface area contributed by atoms with Crippen LogP contribution in [-0.2, 0) is 14.3 Å². The van der Waals surface area contributed by atoms with Crippen LogP contribution in [0.5, 0.6) is 5.75 Å². The quantitative estimate of drug-likeness (QED) is 0.775. The number of amides is 1. The molecule has 1 N–H and O–H groups in total. The molecule has 21 heavy (non-hydrogen) atoms. The fraction of sp³-hybridized carbons (Fsp3) is 0.429. The Hall–Kier alpha value is -1.79. The van der Waals surface area contributed by atoms with Gasteiger partial charge in [0.15, 0.2) is 0 Å².